The maximum atomic E-state index is 6.10. The summed E-state index contributed by atoms with van der Waals surface area (Å²) in [6.07, 6.45) is 7.41. The minimum atomic E-state index is -0.400. The number of hydrogen-bond donors (Lipinski definition) is 0. The summed E-state index contributed by atoms with van der Waals surface area (Å²) in [6.45, 7) is 8.67. The molecule has 3 aliphatic carbocycles. The lowest BCUT2D eigenvalue weighted by Gasteiger charge is -2.48. The Bertz CT molecular complexity index is 443. The zero-order valence-electron chi connectivity index (χ0n) is 12.9. The third-order valence-electron chi connectivity index (χ3n) is 5.96. The largest absolute Gasteiger partial charge is 0.371 e. The summed E-state index contributed by atoms with van der Waals surface area (Å²) in [5, 5.41) is 0. The van der Waals surface area contributed by atoms with Crippen molar-refractivity contribution in [3.8, 4) is 0 Å². The summed E-state index contributed by atoms with van der Waals surface area (Å²) >= 11 is 0. The van der Waals surface area contributed by atoms with Crippen LogP contribution in [0.1, 0.15) is 46.5 Å². The fraction of sp³-hybridized carbons (Fsp3) is 0.882. The molecule has 0 amide bonds. The highest BCUT2D eigenvalue weighted by molar-refractivity contribution is 5.34. The quantitative estimate of drug-likeness (QED) is 0.725. The summed E-state index contributed by atoms with van der Waals surface area (Å²) < 4.78 is 18.0. The fourth-order valence-corrected chi connectivity index (χ4v) is 4.87. The molecule has 0 aromatic carbocycles. The Labute approximate surface area is 121 Å². The third-order valence-corrected chi connectivity index (χ3v) is 5.96. The van der Waals surface area contributed by atoms with Crippen LogP contribution in [0.5, 0.6) is 0 Å². The fourth-order valence-electron chi connectivity index (χ4n) is 4.87. The molecule has 1 aliphatic heterocycles. The maximum absolute atomic E-state index is 6.10. The van der Waals surface area contributed by atoms with E-state index in [-0.39, 0.29) is 11.0 Å². The topological polar surface area (TPSA) is 27.7 Å². The molecular formula is C17H26O3. The van der Waals surface area contributed by atoms with Crippen LogP contribution < -0.4 is 0 Å². The van der Waals surface area contributed by atoms with Crippen molar-refractivity contribution in [3.05, 3.63) is 11.6 Å². The summed E-state index contributed by atoms with van der Waals surface area (Å²) in [6, 6.07) is 0. The van der Waals surface area contributed by atoms with Crippen molar-refractivity contribution in [2.24, 2.45) is 17.3 Å². The van der Waals surface area contributed by atoms with Gasteiger partial charge in [-0.15, -0.1) is 0 Å². The zero-order valence-corrected chi connectivity index (χ0v) is 12.9. The van der Waals surface area contributed by atoms with Crippen LogP contribution in [0.15, 0.2) is 11.6 Å². The molecule has 112 valence electrons. The Morgan fingerprint density at radius 1 is 1.30 bits per heavy atom. The number of fused-ring (bicyclic) bond motifs is 3. The Balaban J connectivity index is 1.53. The first-order valence-electron chi connectivity index (χ1n) is 8.11. The second-order valence-corrected chi connectivity index (χ2v) is 7.72. The highest BCUT2D eigenvalue weighted by Gasteiger charge is 2.60. The lowest BCUT2D eigenvalue weighted by atomic mass is 9.66. The van der Waals surface area contributed by atoms with E-state index in [9.17, 15) is 0 Å². The van der Waals surface area contributed by atoms with Crippen LogP contribution in [0, 0.1) is 17.3 Å². The van der Waals surface area contributed by atoms with Crippen molar-refractivity contribution in [3.63, 3.8) is 0 Å². The van der Waals surface area contributed by atoms with Gasteiger partial charge in [0.1, 0.15) is 0 Å². The van der Waals surface area contributed by atoms with E-state index in [1.54, 1.807) is 5.57 Å². The zero-order chi connectivity index (χ0) is 14.0. The summed E-state index contributed by atoms with van der Waals surface area (Å²) in [5.74, 6) is 1.05. The van der Waals surface area contributed by atoms with Gasteiger partial charge in [-0.05, 0) is 58.3 Å². The second-order valence-electron chi connectivity index (χ2n) is 7.72. The Morgan fingerprint density at radius 2 is 2.05 bits per heavy atom. The molecule has 1 heterocycles. The van der Waals surface area contributed by atoms with Crippen molar-refractivity contribution in [2.75, 3.05) is 19.8 Å². The lowest BCUT2D eigenvalue weighted by Crippen LogP contribution is -2.49. The molecule has 0 N–H and O–H groups in total. The van der Waals surface area contributed by atoms with Crippen LogP contribution in [-0.2, 0) is 14.2 Å². The van der Waals surface area contributed by atoms with Crippen LogP contribution in [0.25, 0.3) is 0 Å². The summed E-state index contributed by atoms with van der Waals surface area (Å²) in [4.78, 5) is 0. The van der Waals surface area contributed by atoms with Crippen molar-refractivity contribution < 1.29 is 14.2 Å². The SMILES string of the molecule is CCO[C@]12C=C3CC4(COC(C)(C)OC4)C[C@@H]3[C@H]1CC2. The van der Waals surface area contributed by atoms with Gasteiger partial charge >= 0.3 is 0 Å². The Morgan fingerprint density at radius 3 is 2.65 bits per heavy atom. The first-order chi connectivity index (χ1) is 9.48. The van der Waals surface area contributed by atoms with Crippen molar-refractivity contribution in [2.45, 2.75) is 57.8 Å². The maximum Gasteiger partial charge on any atom is 0.162 e. The van der Waals surface area contributed by atoms with E-state index in [0.29, 0.717) is 0 Å². The van der Waals surface area contributed by atoms with Crippen molar-refractivity contribution in [1.82, 2.24) is 0 Å². The van der Waals surface area contributed by atoms with Gasteiger partial charge in [0.2, 0.25) is 0 Å². The average Bonchev–Trinajstić information content (AvgIpc) is 2.78. The molecule has 1 saturated heterocycles. The minimum absolute atomic E-state index is 0.103. The molecule has 3 atom stereocenters. The molecule has 4 aliphatic rings. The van der Waals surface area contributed by atoms with Crippen LogP contribution in [0.2, 0.25) is 0 Å². The highest BCUT2D eigenvalue weighted by atomic mass is 16.7. The van der Waals surface area contributed by atoms with E-state index in [4.69, 9.17) is 14.2 Å². The first-order valence-corrected chi connectivity index (χ1v) is 8.11. The predicted octanol–water partition coefficient (Wildman–Crippen LogP) is 3.29. The summed E-state index contributed by atoms with van der Waals surface area (Å²) in [7, 11) is 0. The number of rotatable bonds is 2. The van der Waals surface area contributed by atoms with Crippen molar-refractivity contribution >= 4 is 0 Å². The first kappa shape index (κ1) is 13.3. The lowest BCUT2D eigenvalue weighted by molar-refractivity contribution is -0.285. The molecule has 3 heteroatoms. The number of hydrogen-bond acceptors (Lipinski definition) is 3. The standard InChI is InChI=1S/C17H26O3/c1-4-18-17-6-5-14(17)13-9-16(7-12(13)8-17)10-19-15(2,3)20-11-16/h8,13-14H,4-7,9-11H2,1-3H3/t13-,14+,17+/m0/s1. The van der Waals surface area contributed by atoms with Gasteiger partial charge in [0.05, 0.1) is 18.8 Å². The Hall–Kier alpha value is -0.380. The van der Waals surface area contributed by atoms with Gasteiger partial charge in [0.25, 0.3) is 0 Å². The van der Waals surface area contributed by atoms with Gasteiger partial charge in [-0.2, -0.15) is 0 Å². The molecule has 1 spiro atoms. The second kappa shape index (κ2) is 4.08. The smallest absolute Gasteiger partial charge is 0.162 e. The van der Waals surface area contributed by atoms with Gasteiger partial charge in [0.15, 0.2) is 5.79 Å². The molecule has 2 saturated carbocycles. The molecule has 3 nitrogen and oxygen atoms in total. The van der Waals surface area contributed by atoms with E-state index >= 15 is 0 Å². The molecule has 0 aromatic heterocycles. The van der Waals surface area contributed by atoms with Crippen LogP contribution in [-0.4, -0.2) is 31.2 Å². The van der Waals surface area contributed by atoms with Gasteiger partial charge in [-0.3, -0.25) is 0 Å². The molecule has 0 bridgehead atoms. The molecule has 0 unspecified atom stereocenters. The summed E-state index contributed by atoms with van der Waals surface area (Å²) in [5.41, 5.74) is 1.97. The molecule has 4 rings (SSSR count). The van der Waals surface area contributed by atoms with E-state index in [1.165, 1.54) is 19.3 Å². The van der Waals surface area contributed by atoms with Crippen molar-refractivity contribution in [1.29, 1.82) is 0 Å². The highest BCUT2D eigenvalue weighted by Crippen LogP contribution is 2.63. The molecule has 0 aromatic rings. The van der Waals surface area contributed by atoms with Gasteiger partial charge in [-0.25, -0.2) is 0 Å². The average molecular weight is 278 g/mol. The van der Waals surface area contributed by atoms with Gasteiger partial charge < -0.3 is 14.2 Å². The monoisotopic (exact) mass is 278 g/mol. The number of ether oxygens (including phenoxy) is 3. The van der Waals surface area contributed by atoms with Crippen LogP contribution in [0.4, 0.5) is 0 Å². The van der Waals surface area contributed by atoms with E-state index < -0.39 is 5.79 Å². The Kier molecular flexibility index (Phi) is 2.72. The normalized spacial score (nSPS) is 43.9. The third kappa shape index (κ3) is 1.76. The van der Waals surface area contributed by atoms with Crippen LogP contribution in [0.3, 0.4) is 0 Å². The van der Waals surface area contributed by atoms with Gasteiger partial charge in [0, 0.05) is 12.0 Å². The predicted molar refractivity (Wildman–Crippen MR) is 76.3 cm³/mol. The molecule has 3 fully saturated rings. The van der Waals surface area contributed by atoms with E-state index in [2.05, 4.69) is 13.0 Å². The van der Waals surface area contributed by atoms with E-state index in [1.807, 2.05) is 13.8 Å². The number of allylic oxidation sites excluding steroid dienone is 1. The molecular weight excluding hydrogens is 252 g/mol. The molecule has 20 heavy (non-hydrogen) atoms. The van der Waals surface area contributed by atoms with Gasteiger partial charge in [-0.1, -0.05) is 11.6 Å². The molecule has 0 radical (unpaired) electrons. The van der Waals surface area contributed by atoms with Crippen LogP contribution >= 0.6 is 0 Å². The minimum Gasteiger partial charge on any atom is -0.371 e. The van der Waals surface area contributed by atoms with E-state index in [0.717, 1.165) is 38.1 Å².